The zero-order chi connectivity index (χ0) is 13.1. The fourth-order valence-corrected chi connectivity index (χ4v) is 3.11. The highest BCUT2D eigenvalue weighted by molar-refractivity contribution is 6.31. The number of halogens is 1. The summed E-state index contributed by atoms with van der Waals surface area (Å²) >= 11 is 6.40. The van der Waals surface area contributed by atoms with E-state index in [1.54, 1.807) is 7.11 Å². The molecular formula is C15H22ClNO. The average Bonchev–Trinajstić information content (AvgIpc) is 2.50. The number of benzene rings is 1. The van der Waals surface area contributed by atoms with Gasteiger partial charge in [-0.15, -0.1) is 0 Å². The summed E-state index contributed by atoms with van der Waals surface area (Å²) in [7, 11) is 1.69. The minimum Gasteiger partial charge on any atom is -0.497 e. The maximum absolute atomic E-state index is 6.40. The van der Waals surface area contributed by atoms with Crippen LogP contribution in [0.2, 0.25) is 5.02 Å². The number of rotatable bonds is 3. The Labute approximate surface area is 115 Å². The Morgan fingerprint density at radius 2 is 2.22 bits per heavy atom. The van der Waals surface area contributed by atoms with Gasteiger partial charge in [0.15, 0.2) is 0 Å². The van der Waals surface area contributed by atoms with Crippen LogP contribution in [0.5, 0.6) is 5.75 Å². The van der Waals surface area contributed by atoms with Crippen molar-refractivity contribution in [1.29, 1.82) is 0 Å². The molecule has 0 saturated carbocycles. The van der Waals surface area contributed by atoms with Crippen LogP contribution in [0, 0.1) is 5.92 Å². The fourth-order valence-electron chi connectivity index (χ4n) is 2.80. The molecule has 0 aromatic heterocycles. The second kappa shape index (κ2) is 5.94. The number of hydrogen-bond donors (Lipinski definition) is 1. The minimum absolute atomic E-state index is 0.398. The molecule has 1 aromatic carbocycles. The van der Waals surface area contributed by atoms with Crippen LogP contribution < -0.4 is 10.1 Å². The Morgan fingerprint density at radius 1 is 1.44 bits per heavy atom. The Morgan fingerprint density at radius 3 is 2.89 bits per heavy atom. The molecule has 0 heterocycles. The quantitative estimate of drug-likeness (QED) is 0.837. The molecule has 0 bridgehead atoms. The lowest BCUT2D eigenvalue weighted by atomic mass is 9.96. The Kier molecular flexibility index (Phi) is 4.52. The molecule has 2 nitrogen and oxygen atoms in total. The van der Waals surface area contributed by atoms with Crippen LogP contribution in [0.4, 0.5) is 0 Å². The van der Waals surface area contributed by atoms with E-state index in [-0.39, 0.29) is 0 Å². The highest BCUT2D eigenvalue weighted by atomic mass is 35.5. The van der Waals surface area contributed by atoms with Gasteiger partial charge in [-0.05, 0) is 55.0 Å². The summed E-state index contributed by atoms with van der Waals surface area (Å²) in [5.41, 5.74) is 2.62. The highest BCUT2D eigenvalue weighted by Crippen LogP contribution is 2.37. The molecule has 100 valence electrons. The zero-order valence-corrected chi connectivity index (χ0v) is 12.2. The van der Waals surface area contributed by atoms with E-state index >= 15 is 0 Å². The molecule has 2 unspecified atom stereocenters. The number of nitrogens with one attached hydrogen (secondary N) is 1. The van der Waals surface area contributed by atoms with E-state index in [4.69, 9.17) is 16.3 Å². The third-order valence-corrected chi connectivity index (χ3v) is 4.13. The first-order valence-electron chi connectivity index (χ1n) is 6.75. The molecule has 18 heavy (non-hydrogen) atoms. The first-order valence-corrected chi connectivity index (χ1v) is 7.13. The van der Waals surface area contributed by atoms with E-state index in [1.165, 1.54) is 24.0 Å². The van der Waals surface area contributed by atoms with E-state index in [9.17, 15) is 0 Å². The van der Waals surface area contributed by atoms with Crippen LogP contribution in [0.15, 0.2) is 12.1 Å². The number of methoxy groups -OCH3 is 1. The molecular weight excluding hydrogens is 246 g/mol. The summed E-state index contributed by atoms with van der Waals surface area (Å²) in [4.78, 5) is 0. The fraction of sp³-hybridized carbons (Fsp3) is 0.600. The second-order valence-electron chi connectivity index (χ2n) is 5.17. The van der Waals surface area contributed by atoms with Crippen LogP contribution in [0.25, 0.3) is 0 Å². The number of ether oxygens (including phenoxy) is 1. The van der Waals surface area contributed by atoms with Crippen molar-refractivity contribution in [1.82, 2.24) is 5.32 Å². The summed E-state index contributed by atoms with van der Waals surface area (Å²) < 4.78 is 5.34. The van der Waals surface area contributed by atoms with Gasteiger partial charge in [0, 0.05) is 11.1 Å². The topological polar surface area (TPSA) is 21.3 Å². The molecule has 0 fully saturated rings. The monoisotopic (exact) mass is 267 g/mol. The maximum atomic E-state index is 6.40. The van der Waals surface area contributed by atoms with Gasteiger partial charge in [-0.25, -0.2) is 0 Å². The molecule has 1 N–H and O–H groups in total. The van der Waals surface area contributed by atoms with Gasteiger partial charge in [0.2, 0.25) is 0 Å². The van der Waals surface area contributed by atoms with Crippen molar-refractivity contribution in [2.45, 2.75) is 39.2 Å². The van der Waals surface area contributed by atoms with Crippen molar-refractivity contribution in [3.05, 3.63) is 28.3 Å². The Balaban J connectivity index is 2.44. The zero-order valence-electron chi connectivity index (χ0n) is 11.4. The smallest absolute Gasteiger partial charge is 0.120 e. The minimum atomic E-state index is 0.398. The molecule has 0 saturated heterocycles. The largest absolute Gasteiger partial charge is 0.497 e. The Hall–Kier alpha value is -0.730. The molecule has 1 aliphatic rings. The van der Waals surface area contributed by atoms with Crippen molar-refractivity contribution in [2.75, 3.05) is 13.7 Å². The predicted octanol–water partition coefficient (Wildman–Crippen LogP) is 3.97. The third kappa shape index (κ3) is 2.81. The van der Waals surface area contributed by atoms with E-state index < -0.39 is 0 Å². The van der Waals surface area contributed by atoms with Gasteiger partial charge >= 0.3 is 0 Å². The molecule has 3 heteroatoms. The van der Waals surface area contributed by atoms with Crippen molar-refractivity contribution < 1.29 is 4.74 Å². The molecule has 1 aromatic rings. The maximum Gasteiger partial charge on any atom is 0.120 e. The van der Waals surface area contributed by atoms with Gasteiger partial charge in [-0.1, -0.05) is 25.4 Å². The van der Waals surface area contributed by atoms with Gasteiger partial charge in [-0.2, -0.15) is 0 Å². The molecule has 0 radical (unpaired) electrons. The van der Waals surface area contributed by atoms with Crippen molar-refractivity contribution in [2.24, 2.45) is 5.92 Å². The lowest BCUT2D eigenvalue weighted by Gasteiger charge is -2.21. The molecule has 2 rings (SSSR count). The van der Waals surface area contributed by atoms with Crippen LogP contribution in [0.1, 0.15) is 43.9 Å². The van der Waals surface area contributed by atoms with Crippen molar-refractivity contribution in [3.63, 3.8) is 0 Å². The summed E-state index contributed by atoms with van der Waals surface area (Å²) in [5.74, 6) is 1.58. The van der Waals surface area contributed by atoms with E-state index in [1.807, 2.05) is 6.07 Å². The molecule has 0 aliphatic heterocycles. The summed E-state index contributed by atoms with van der Waals surface area (Å²) in [5, 5.41) is 4.42. The van der Waals surface area contributed by atoms with Gasteiger partial charge in [0.25, 0.3) is 0 Å². The summed E-state index contributed by atoms with van der Waals surface area (Å²) in [6.07, 6.45) is 3.45. The number of hydrogen-bond acceptors (Lipinski definition) is 2. The SMILES string of the molecule is CCNC1CC(C)CCc2c(Cl)cc(OC)cc21. The van der Waals surface area contributed by atoms with Gasteiger partial charge in [-0.3, -0.25) is 0 Å². The predicted molar refractivity (Wildman–Crippen MR) is 76.5 cm³/mol. The van der Waals surface area contributed by atoms with Gasteiger partial charge in [0.05, 0.1) is 7.11 Å². The molecule has 2 atom stereocenters. The first kappa shape index (κ1) is 13.7. The van der Waals surface area contributed by atoms with Crippen LogP contribution in [-0.4, -0.2) is 13.7 Å². The van der Waals surface area contributed by atoms with E-state index in [2.05, 4.69) is 25.2 Å². The average molecular weight is 268 g/mol. The Bertz CT molecular complexity index is 419. The molecule has 0 spiro atoms. The lowest BCUT2D eigenvalue weighted by molar-refractivity contribution is 0.404. The van der Waals surface area contributed by atoms with Gasteiger partial charge < -0.3 is 10.1 Å². The normalized spacial score (nSPS) is 23.3. The third-order valence-electron chi connectivity index (χ3n) is 3.79. The highest BCUT2D eigenvalue weighted by Gasteiger charge is 2.24. The van der Waals surface area contributed by atoms with Crippen LogP contribution in [0.3, 0.4) is 0 Å². The van der Waals surface area contributed by atoms with Gasteiger partial charge in [0.1, 0.15) is 5.75 Å². The van der Waals surface area contributed by atoms with Crippen molar-refractivity contribution in [3.8, 4) is 5.75 Å². The van der Waals surface area contributed by atoms with Crippen LogP contribution >= 0.6 is 11.6 Å². The number of fused-ring (bicyclic) bond motifs is 1. The van der Waals surface area contributed by atoms with E-state index in [0.29, 0.717) is 6.04 Å². The summed E-state index contributed by atoms with van der Waals surface area (Å²) in [6.45, 7) is 5.45. The second-order valence-corrected chi connectivity index (χ2v) is 5.57. The standard InChI is InChI=1S/C15H22ClNO/c1-4-17-15-7-10(2)5-6-12-13(15)8-11(18-3)9-14(12)16/h8-10,15,17H,4-7H2,1-3H3. The first-order chi connectivity index (χ1) is 8.65. The molecule has 1 aliphatic carbocycles. The van der Waals surface area contributed by atoms with E-state index in [0.717, 1.165) is 29.7 Å². The summed E-state index contributed by atoms with van der Waals surface area (Å²) in [6, 6.07) is 4.47. The van der Waals surface area contributed by atoms with Crippen LogP contribution in [-0.2, 0) is 6.42 Å². The lowest BCUT2D eigenvalue weighted by Crippen LogP contribution is -2.22. The molecule has 0 amide bonds. The van der Waals surface area contributed by atoms with Crippen molar-refractivity contribution >= 4 is 11.6 Å².